The average Bonchev–Trinajstić information content (AvgIpc) is 1.13. The number of amides is 8. The third-order valence-electron chi connectivity index (χ3n) is 15.9. The van der Waals surface area contributed by atoms with Gasteiger partial charge in [-0.1, -0.05) is 85.1 Å². The topological polar surface area (TPSA) is 366 Å². The number of carbonyl (C=O) groups excluding carboxylic acids is 11. The van der Waals surface area contributed by atoms with Crippen LogP contribution in [0.25, 0.3) is 0 Å². The Kier molecular flexibility index (Phi) is 33.3. The molecule has 11 atom stereocenters. The van der Waals surface area contributed by atoms with Gasteiger partial charge in [0, 0.05) is 64.4 Å². The number of cyclic esters (lactones) is 2. The number of esters is 3. The molecule has 516 valence electrons. The number of ether oxygens (including phenoxy) is 3. The molecule has 0 radical (unpaired) electrons. The number of hydrogen-bond acceptors (Lipinski definition) is 18. The van der Waals surface area contributed by atoms with Crippen LogP contribution < -0.4 is 26.0 Å². The van der Waals surface area contributed by atoms with Crippen molar-refractivity contribution >= 4 is 80.4 Å². The highest BCUT2D eigenvalue weighted by Gasteiger charge is 2.38. The number of benzene rings is 1. The second-order valence-corrected chi connectivity index (χ2v) is 28.6. The highest BCUT2D eigenvalue weighted by Crippen LogP contribution is 2.58. The van der Waals surface area contributed by atoms with Crippen LogP contribution in [0.4, 0.5) is 0 Å². The van der Waals surface area contributed by atoms with Crippen molar-refractivity contribution in [1.82, 2.24) is 36.0 Å². The first kappa shape index (κ1) is 79.6. The Morgan fingerprint density at radius 3 is 2.04 bits per heavy atom. The lowest BCUT2D eigenvalue weighted by atomic mass is 9.93. The molecule has 3 rings (SSSR count). The lowest BCUT2D eigenvalue weighted by Gasteiger charge is -2.33. The van der Waals surface area contributed by atoms with Gasteiger partial charge in [-0.15, -0.1) is 0 Å². The van der Waals surface area contributed by atoms with E-state index in [9.17, 15) is 71.7 Å². The number of carbonyl (C=O) groups is 11. The summed E-state index contributed by atoms with van der Waals surface area (Å²) in [6, 6.07) is 0.945. The number of allylic oxidation sites excluding steroid dienone is 2. The minimum atomic E-state index is -4.71. The van der Waals surface area contributed by atoms with Gasteiger partial charge in [0.05, 0.1) is 19.8 Å². The zero-order valence-electron chi connectivity index (χ0n) is 55.7. The summed E-state index contributed by atoms with van der Waals surface area (Å²) in [5.74, 6) is -8.91. The van der Waals surface area contributed by atoms with Gasteiger partial charge in [0.2, 0.25) is 41.4 Å². The summed E-state index contributed by atoms with van der Waals surface area (Å²) in [5.41, 5.74) is 1.42. The van der Waals surface area contributed by atoms with Crippen LogP contribution in [0.3, 0.4) is 0 Å². The first-order valence-corrected chi connectivity index (χ1v) is 35.1. The molecule has 8 amide bonds. The Morgan fingerprint density at radius 2 is 1.43 bits per heavy atom. The van der Waals surface area contributed by atoms with Crippen molar-refractivity contribution in [2.24, 2.45) is 23.7 Å². The molecule has 0 saturated carbocycles. The molecule has 2 aliphatic rings. The second kappa shape index (κ2) is 38.5. The minimum absolute atomic E-state index is 0.0519. The van der Waals surface area contributed by atoms with E-state index in [1.807, 2.05) is 40.7 Å². The SMILES string of the molecule is C/C=C(\C)[C@H]1OC(=O)[C@@H](C)NC(=O)[C@H](C(C)CC)NC(=O)CN(C)C(=O)[C@@H](Cc2ccc(OC(=O)CCCOP(=O)(O)CP(=O)(O)OCCNC(=O)CCCCCCN3C(=O)CC(C)C3=O)cc2)N(C)C(=O)[C@H](C)NC(=O)[C@@H](CC(C)C)OC(=O)/C(C)=C/CC[C@@H]1C. The number of unbranched alkanes of at least 4 members (excludes halogenated alkanes) is 3. The monoisotopic (exact) mass is 1340 g/mol. The van der Waals surface area contributed by atoms with Crippen LogP contribution in [-0.2, 0) is 86.8 Å². The van der Waals surface area contributed by atoms with Crippen LogP contribution in [-0.4, -0.2) is 179 Å². The van der Waals surface area contributed by atoms with Gasteiger partial charge in [0.1, 0.15) is 36.0 Å². The predicted octanol–water partition coefficient (Wildman–Crippen LogP) is 5.78. The fourth-order valence-corrected chi connectivity index (χ4v) is 13.3. The third kappa shape index (κ3) is 27.1. The zero-order chi connectivity index (χ0) is 69.2. The quantitative estimate of drug-likeness (QED) is 0.0160. The fourth-order valence-electron chi connectivity index (χ4n) is 10.0. The summed E-state index contributed by atoms with van der Waals surface area (Å²) < 4.78 is 52.4. The Bertz CT molecular complexity index is 2900. The summed E-state index contributed by atoms with van der Waals surface area (Å²) in [6.07, 6.45) is 5.11. The lowest BCUT2D eigenvalue weighted by Crippen LogP contribution is -2.57. The Labute approximate surface area is 540 Å². The van der Waals surface area contributed by atoms with Gasteiger partial charge in [-0.3, -0.25) is 57.2 Å². The van der Waals surface area contributed by atoms with Gasteiger partial charge in [-0.2, -0.15) is 0 Å². The number of likely N-dealkylation sites (tertiary alicyclic amines) is 1. The van der Waals surface area contributed by atoms with E-state index in [0.29, 0.717) is 57.1 Å². The molecule has 1 aromatic carbocycles. The third-order valence-corrected chi connectivity index (χ3v) is 19.9. The Morgan fingerprint density at radius 1 is 0.804 bits per heavy atom. The van der Waals surface area contributed by atoms with Crippen LogP contribution in [0, 0.1) is 23.7 Å². The molecule has 27 nitrogen and oxygen atoms in total. The van der Waals surface area contributed by atoms with Crippen molar-refractivity contribution in [3.8, 4) is 5.75 Å². The normalized spacial score (nSPS) is 25.0. The van der Waals surface area contributed by atoms with Gasteiger partial charge in [-0.25, -0.2) is 9.59 Å². The van der Waals surface area contributed by atoms with Gasteiger partial charge >= 0.3 is 33.1 Å². The Balaban J connectivity index is 1.70. The van der Waals surface area contributed by atoms with Gasteiger partial charge < -0.3 is 64.1 Å². The summed E-state index contributed by atoms with van der Waals surface area (Å²) >= 11 is 0. The fraction of sp³-hybridized carbons (Fsp3) is 0.667. The highest BCUT2D eigenvalue weighted by molar-refractivity contribution is 7.70. The molecule has 29 heteroatoms. The molecule has 0 bridgehead atoms. The van der Waals surface area contributed by atoms with Crippen molar-refractivity contribution in [3.63, 3.8) is 0 Å². The number of hydrogen-bond donors (Lipinski definition) is 6. The van der Waals surface area contributed by atoms with E-state index in [4.69, 9.17) is 23.3 Å². The van der Waals surface area contributed by atoms with E-state index in [0.717, 1.165) is 15.4 Å². The molecule has 0 aromatic heterocycles. The maximum Gasteiger partial charge on any atom is 0.340 e. The average molecular weight is 1340 g/mol. The van der Waals surface area contributed by atoms with E-state index in [2.05, 4.69) is 21.3 Å². The van der Waals surface area contributed by atoms with E-state index < -0.39 is 131 Å². The predicted molar refractivity (Wildman–Crippen MR) is 340 cm³/mol. The number of imide groups is 1. The van der Waals surface area contributed by atoms with E-state index >= 15 is 0 Å². The van der Waals surface area contributed by atoms with E-state index in [1.165, 1.54) is 57.1 Å². The molecule has 6 N–H and O–H groups in total. The zero-order valence-corrected chi connectivity index (χ0v) is 57.4. The van der Waals surface area contributed by atoms with Gasteiger partial charge in [-0.05, 0) is 114 Å². The van der Waals surface area contributed by atoms with Gasteiger partial charge in [0.15, 0.2) is 12.0 Å². The molecular formula is C63H99N7O20P2. The maximum atomic E-state index is 14.6. The molecule has 2 aliphatic heterocycles. The standard InChI is InChI=1S/C63H99N7O20P2/c1-14-40(5)55-58(76)66-46(11)63(81)90-56(41(6)15-2)42(7)22-20-23-43(8)62(80)89-50(34-39(3)4)57(75)65-45(10)60(78)69(13)49(61(79)68(12)37-52(72)67-55)36-47-26-28-48(29-27-47)88-54(74)25-21-32-86-91(82,83)38-92(84,85)87-33-30-64-51(71)24-18-16-17-19-31-70-53(73)35-44(9)59(70)77/h15,23,26-29,39-40,42,44-46,49-50,55-56H,14,16-22,24-25,30-38H2,1-13H3,(H,64,71)(H,65,75)(H,66,76)(H,67,72)(H,82,83)(H,84,85)/b41-15+,43-23+/t40?,42-,44?,45-,46+,49+,50+,55-,56+/m0/s1. The van der Waals surface area contributed by atoms with E-state index in [1.54, 1.807) is 33.8 Å². The van der Waals surface area contributed by atoms with Crippen LogP contribution in [0.2, 0.25) is 0 Å². The summed E-state index contributed by atoms with van der Waals surface area (Å²) in [6.45, 7) is 17.5. The first-order valence-electron chi connectivity index (χ1n) is 31.6. The first-order chi connectivity index (χ1) is 43.1. The van der Waals surface area contributed by atoms with Crippen molar-refractivity contribution in [1.29, 1.82) is 0 Å². The number of rotatable bonds is 26. The maximum absolute atomic E-state index is 14.6. The smallest absolute Gasteiger partial charge is 0.340 e. The van der Waals surface area contributed by atoms with Crippen LogP contribution in [0.15, 0.2) is 47.6 Å². The van der Waals surface area contributed by atoms with Crippen LogP contribution in [0.1, 0.15) is 159 Å². The summed E-state index contributed by atoms with van der Waals surface area (Å²) in [5, 5.41) is 10.6. The summed E-state index contributed by atoms with van der Waals surface area (Å²) in [7, 11) is -6.72. The molecule has 1 fully saturated rings. The Hall–Kier alpha value is -6.63. The molecule has 92 heavy (non-hydrogen) atoms. The van der Waals surface area contributed by atoms with Crippen molar-refractivity contribution < 1.29 is 94.9 Å². The molecule has 0 spiro atoms. The van der Waals surface area contributed by atoms with Crippen molar-refractivity contribution in [3.05, 3.63) is 53.1 Å². The molecule has 2 heterocycles. The molecule has 0 aliphatic carbocycles. The molecule has 1 saturated heterocycles. The molecule has 4 unspecified atom stereocenters. The van der Waals surface area contributed by atoms with E-state index in [-0.39, 0.29) is 91.9 Å². The minimum Gasteiger partial charge on any atom is -0.456 e. The number of nitrogens with one attached hydrogen (secondary N) is 4. The largest absolute Gasteiger partial charge is 0.456 e. The number of nitrogens with zero attached hydrogens (tertiary/aromatic N) is 3. The van der Waals surface area contributed by atoms with Gasteiger partial charge in [0.25, 0.3) is 5.91 Å². The highest BCUT2D eigenvalue weighted by atomic mass is 31.2. The molecular weight excluding hydrogens is 1240 g/mol. The van der Waals surface area contributed by atoms with Crippen LogP contribution in [0.5, 0.6) is 5.75 Å². The van der Waals surface area contributed by atoms with Crippen molar-refractivity contribution in [2.45, 2.75) is 196 Å². The van der Waals surface area contributed by atoms with Crippen molar-refractivity contribution in [2.75, 3.05) is 52.8 Å². The van der Waals surface area contributed by atoms with Crippen LogP contribution >= 0.6 is 15.2 Å². The second-order valence-electron chi connectivity index (χ2n) is 24.4. The lowest BCUT2D eigenvalue weighted by molar-refractivity contribution is -0.154. The molecule has 1 aromatic rings. The number of likely N-dealkylation sites (N-methyl/N-ethyl adjacent to an activating group) is 2. The summed E-state index contributed by atoms with van der Waals surface area (Å²) in [4.78, 5) is 171.